The van der Waals surface area contributed by atoms with Crippen molar-refractivity contribution in [2.45, 2.75) is 31.8 Å². The van der Waals surface area contributed by atoms with Gasteiger partial charge in [-0.1, -0.05) is 12.1 Å². The quantitative estimate of drug-likeness (QED) is 0.606. The van der Waals surface area contributed by atoms with Gasteiger partial charge in [-0.25, -0.2) is 0 Å². The lowest BCUT2D eigenvalue weighted by atomic mass is 10.1. The summed E-state index contributed by atoms with van der Waals surface area (Å²) in [6, 6.07) is 12.7. The van der Waals surface area contributed by atoms with Crippen LogP contribution >= 0.6 is 0 Å². The second-order valence-corrected chi connectivity index (χ2v) is 7.05. The van der Waals surface area contributed by atoms with Crippen LogP contribution in [-0.4, -0.2) is 38.6 Å². The Labute approximate surface area is 170 Å². The van der Waals surface area contributed by atoms with Crippen LogP contribution in [0.15, 0.2) is 42.5 Å². The van der Waals surface area contributed by atoms with Gasteiger partial charge in [0.15, 0.2) is 0 Å². The normalized spacial score (nSPS) is 14.0. The number of hydrogen-bond acceptors (Lipinski definition) is 5. The second-order valence-electron chi connectivity index (χ2n) is 7.05. The highest BCUT2D eigenvalue weighted by atomic mass is 16.5. The molecule has 2 aromatic carbocycles. The first-order chi connectivity index (χ1) is 14.0. The molecule has 1 aliphatic rings. The van der Waals surface area contributed by atoms with E-state index in [0.29, 0.717) is 17.0 Å². The fourth-order valence-electron chi connectivity index (χ4n) is 3.01. The van der Waals surface area contributed by atoms with Crippen molar-refractivity contribution >= 4 is 17.5 Å². The molecule has 3 rings (SSSR count). The first-order valence-corrected chi connectivity index (χ1v) is 9.67. The molecule has 0 spiro atoms. The van der Waals surface area contributed by atoms with E-state index in [-0.39, 0.29) is 30.4 Å². The Morgan fingerprint density at radius 2 is 1.86 bits per heavy atom. The molecule has 29 heavy (non-hydrogen) atoms. The Bertz CT molecular complexity index is 880. The van der Waals surface area contributed by atoms with Gasteiger partial charge in [0, 0.05) is 17.6 Å². The number of amides is 2. The van der Waals surface area contributed by atoms with Crippen LogP contribution in [0.25, 0.3) is 0 Å². The zero-order chi connectivity index (χ0) is 20.8. The van der Waals surface area contributed by atoms with Crippen molar-refractivity contribution in [1.29, 1.82) is 0 Å². The lowest BCUT2D eigenvalue weighted by Gasteiger charge is -2.18. The topological polar surface area (TPSA) is 88.7 Å². The molecule has 1 atom stereocenters. The third kappa shape index (κ3) is 5.48. The minimum Gasteiger partial charge on any atom is -0.497 e. The van der Waals surface area contributed by atoms with Gasteiger partial charge in [-0.15, -0.1) is 0 Å². The smallest absolute Gasteiger partial charge is 0.253 e. The van der Waals surface area contributed by atoms with Gasteiger partial charge in [-0.2, -0.15) is 0 Å². The van der Waals surface area contributed by atoms with Crippen LogP contribution < -0.4 is 25.4 Å². The van der Waals surface area contributed by atoms with E-state index in [2.05, 4.69) is 16.0 Å². The number of hydrogen-bond donors (Lipinski definition) is 3. The minimum absolute atomic E-state index is 0.0834. The molecule has 0 radical (unpaired) electrons. The Morgan fingerprint density at radius 1 is 1.10 bits per heavy atom. The predicted molar refractivity (Wildman–Crippen MR) is 112 cm³/mol. The molecule has 2 amide bonds. The number of carbonyl (C=O) groups excluding carboxylic acids is 2. The number of ether oxygens (including phenoxy) is 2. The number of rotatable bonds is 9. The maximum atomic E-state index is 12.5. The number of anilines is 1. The van der Waals surface area contributed by atoms with E-state index in [0.717, 1.165) is 24.2 Å². The summed E-state index contributed by atoms with van der Waals surface area (Å²) >= 11 is 0. The van der Waals surface area contributed by atoms with Gasteiger partial charge >= 0.3 is 0 Å². The Kier molecular flexibility index (Phi) is 6.72. The molecule has 154 valence electrons. The highest BCUT2D eigenvalue weighted by molar-refractivity contribution is 6.04. The van der Waals surface area contributed by atoms with Crippen molar-refractivity contribution < 1.29 is 19.1 Å². The van der Waals surface area contributed by atoms with Crippen molar-refractivity contribution in [1.82, 2.24) is 10.6 Å². The van der Waals surface area contributed by atoms with E-state index in [9.17, 15) is 9.59 Å². The number of carbonyl (C=O) groups is 2. The number of benzene rings is 2. The Morgan fingerprint density at radius 3 is 2.55 bits per heavy atom. The zero-order valence-corrected chi connectivity index (χ0v) is 17.0. The van der Waals surface area contributed by atoms with Gasteiger partial charge in [-0.3, -0.25) is 9.59 Å². The maximum absolute atomic E-state index is 12.5. The van der Waals surface area contributed by atoms with Crippen molar-refractivity contribution in [3.8, 4) is 11.5 Å². The molecule has 7 heteroatoms. The van der Waals surface area contributed by atoms with Gasteiger partial charge in [0.1, 0.15) is 11.5 Å². The van der Waals surface area contributed by atoms with E-state index in [1.54, 1.807) is 38.5 Å². The maximum Gasteiger partial charge on any atom is 0.253 e. The fourth-order valence-corrected chi connectivity index (χ4v) is 3.01. The van der Waals surface area contributed by atoms with Gasteiger partial charge in [0.2, 0.25) is 5.91 Å². The minimum atomic E-state index is -0.231. The SMILES string of the molecule is COc1ccc(OC)c(C(C)NCC(=O)Nc2ccccc2C(=O)NC2CC2)c1. The second kappa shape index (κ2) is 9.43. The van der Waals surface area contributed by atoms with Crippen molar-refractivity contribution in [2.75, 3.05) is 26.1 Å². The van der Waals surface area contributed by atoms with Crippen LogP contribution in [0.4, 0.5) is 5.69 Å². The van der Waals surface area contributed by atoms with Crippen LogP contribution in [0.5, 0.6) is 11.5 Å². The summed E-state index contributed by atoms with van der Waals surface area (Å²) in [5.41, 5.74) is 1.86. The van der Waals surface area contributed by atoms with Crippen LogP contribution in [0.1, 0.15) is 41.7 Å². The molecular formula is C22H27N3O4. The van der Waals surface area contributed by atoms with Crippen LogP contribution in [-0.2, 0) is 4.79 Å². The fraction of sp³-hybridized carbons (Fsp3) is 0.364. The highest BCUT2D eigenvalue weighted by Crippen LogP contribution is 2.29. The lowest BCUT2D eigenvalue weighted by Crippen LogP contribution is -2.31. The molecule has 0 saturated heterocycles. The number of nitrogens with one attached hydrogen (secondary N) is 3. The number of para-hydroxylation sites is 1. The molecule has 1 fully saturated rings. The molecular weight excluding hydrogens is 370 g/mol. The van der Waals surface area contributed by atoms with Gasteiger partial charge in [0.05, 0.1) is 32.0 Å². The van der Waals surface area contributed by atoms with Crippen LogP contribution in [0.3, 0.4) is 0 Å². The summed E-state index contributed by atoms with van der Waals surface area (Å²) in [7, 11) is 3.21. The molecule has 0 aromatic heterocycles. The van der Waals surface area contributed by atoms with E-state index in [1.807, 2.05) is 25.1 Å². The first kappa shape index (κ1) is 20.7. The number of methoxy groups -OCH3 is 2. The lowest BCUT2D eigenvalue weighted by molar-refractivity contribution is -0.115. The summed E-state index contributed by atoms with van der Waals surface area (Å²) in [5, 5.41) is 8.96. The molecule has 0 heterocycles. The summed E-state index contributed by atoms with van der Waals surface area (Å²) in [4.78, 5) is 24.8. The van der Waals surface area contributed by atoms with E-state index in [4.69, 9.17) is 9.47 Å². The molecule has 1 unspecified atom stereocenters. The predicted octanol–water partition coefficient (Wildman–Crippen LogP) is 2.89. The average Bonchev–Trinajstić information content (AvgIpc) is 3.55. The first-order valence-electron chi connectivity index (χ1n) is 9.67. The van der Waals surface area contributed by atoms with Crippen molar-refractivity contribution in [3.05, 3.63) is 53.6 Å². The van der Waals surface area contributed by atoms with E-state index in [1.165, 1.54) is 0 Å². The average molecular weight is 397 g/mol. The third-order valence-electron chi connectivity index (χ3n) is 4.83. The molecule has 7 nitrogen and oxygen atoms in total. The molecule has 1 saturated carbocycles. The van der Waals surface area contributed by atoms with Gasteiger partial charge in [-0.05, 0) is 50.1 Å². The zero-order valence-electron chi connectivity index (χ0n) is 17.0. The molecule has 3 N–H and O–H groups in total. The molecule has 0 bridgehead atoms. The van der Waals surface area contributed by atoms with Crippen molar-refractivity contribution in [3.63, 3.8) is 0 Å². The third-order valence-corrected chi connectivity index (χ3v) is 4.83. The van der Waals surface area contributed by atoms with Crippen LogP contribution in [0, 0.1) is 0 Å². The largest absolute Gasteiger partial charge is 0.497 e. The Hall–Kier alpha value is -3.06. The molecule has 2 aromatic rings. The standard InChI is InChI=1S/C22H27N3O4/c1-14(18-12-16(28-2)10-11-20(18)29-3)23-13-21(26)25-19-7-5-4-6-17(19)22(27)24-15-8-9-15/h4-7,10-12,14-15,23H,8-9,13H2,1-3H3,(H,24,27)(H,25,26). The highest BCUT2D eigenvalue weighted by Gasteiger charge is 2.25. The van der Waals surface area contributed by atoms with E-state index < -0.39 is 0 Å². The van der Waals surface area contributed by atoms with E-state index >= 15 is 0 Å². The van der Waals surface area contributed by atoms with Crippen molar-refractivity contribution in [2.24, 2.45) is 0 Å². The molecule has 0 aliphatic heterocycles. The van der Waals surface area contributed by atoms with Crippen LogP contribution in [0.2, 0.25) is 0 Å². The monoisotopic (exact) mass is 397 g/mol. The summed E-state index contributed by atoms with van der Waals surface area (Å²) in [6.45, 7) is 2.03. The summed E-state index contributed by atoms with van der Waals surface area (Å²) < 4.78 is 10.7. The van der Waals surface area contributed by atoms with Gasteiger partial charge < -0.3 is 25.4 Å². The molecule has 1 aliphatic carbocycles. The summed E-state index contributed by atoms with van der Waals surface area (Å²) in [5.74, 6) is 1.04. The van der Waals surface area contributed by atoms with Gasteiger partial charge in [0.25, 0.3) is 5.91 Å². The Balaban J connectivity index is 1.61. The summed E-state index contributed by atoms with van der Waals surface area (Å²) in [6.07, 6.45) is 2.02.